The summed E-state index contributed by atoms with van der Waals surface area (Å²) >= 11 is 1.16. The lowest BCUT2D eigenvalue weighted by Gasteiger charge is -1.99. The number of pyridine rings is 1. The van der Waals surface area contributed by atoms with E-state index in [0.717, 1.165) is 28.2 Å². The van der Waals surface area contributed by atoms with Crippen molar-refractivity contribution >= 4 is 33.0 Å². The molecule has 2 N–H and O–H groups in total. The summed E-state index contributed by atoms with van der Waals surface area (Å²) in [5.41, 5.74) is 9.78. The molecule has 0 aliphatic rings. The van der Waals surface area contributed by atoms with Crippen molar-refractivity contribution in [2.45, 2.75) is 20.8 Å². The number of aromatic nitrogens is 3. The molecule has 4 rings (SSSR count). The van der Waals surface area contributed by atoms with Gasteiger partial charge in [0.15, 0.2) is 5.95 Å². The number of aryl methyl sites for hydroxylation is 3. The van der Waals surface area contributed by atoms with Crippen molar-refractivity contribution in [1.29, 1.82) is 0 Å². The summed E-state index contributed by atoms with van der Waals surface area (Å²) in [5, 5.41) is 16.6. The van der Waals surface area contributed by atoms with Crippen molar-refractivity contribution in [3.05, 3.63) is 57.7 Å². The van der Waals surface area contributed by atoms with E-state index in [4.69, 9.17) is 10.3 Å². The first kappa shape index (κ1) is 17.2. The van der Waals surface area contributed by atoms with Crippen LogP contribution in [0.25, 0.3) is 15.9 Å². The number of hydrogen-bond donors (Lipinski definition) is 1. The van der Waals surface area contributed by atoms with Gasteiger partial charge in [0.1, 0.15) is 9.71 Å². The van der Waals surface area contributed by atoms with Gasteiger partial charge in [-0.2, -0.15) is 0 Å². The fraction of sp³-hybridized carbons (Fsp3) is 0.158. The first-order valence-electron chi connectivity index (χ1n) is 8.24. The summed E-state index contributed by atoms with van der Waals surface area (Å²) < 4.78 is 5.97. The van der Waals surface area contributed by atoms with E-state index in [-0.39, 0.29) is 10.6 Å². The number of anilines is 1. The Morgan fingerprint density at radius 1 is 1.22 bits per heavy atom. The van der Waals surface area contributed by atoms with Gasteiger partial charge in [-0.3, -0.25) is 4.79 Å². The van der Waals surface area contributed by atoms with Crippen LogP contribution >= 0.6 is 11.3 Å². The van der Waals surface area contributed by atoms with E-state index in [1.807, 2.05) is 39.0 Å². The quantitative estimate of drug-likeness (QED) is 0.432. The van der Waals surface area contributed by atoms with Gasteiger partial charge in [0, 0.05) is 23.2 Å². The molecule has 8 heteroatoms. The molecular weight excluding hydrogens is 364 g/mol. The minimum atomic E-state index is -0.808. The highest BCUT2D eigenvalue weighted by molar-refractivity contribution is 7.21. The SMILES string of the molecule is Cc1ccc(-[n+]2noc([O-])c2C(=O)c2sc3nc(C)c(C)cc3c2N)cc1. The molecule has 0 bridgehead atoms. The first-order valence-corrected chi connectivity index (χ1v) is 9.05. The van der Waals surface area contributed by atoms with E-state index in [9.17, 15) is 9.90 Å². The van der Waals surface area contributed by atoms with Crippen molar-refractivity contribution in [3.63, 3.8) is 0 Å². The summed E-state index contributed by atoms with van der Waals surface area (Å²) in [5.74, 6) is -1.34. The Bertz CT molecular complexity index is 1190. The Kier molecular flexibility index (Phi) is 3.92. The summed E-state index contributed by atoms with van der Waals surface area (Å²) in [4.78, 5) is 18.5. The van der Waals surface area contributed by atoms with Crippen LogP contribution in [0.15, 0.2) is 34.9 Å². The predicted octanol–water partition coefficient (Wildman–Crippen LogP) is 2.37. The third-order valence-electron chi connectivity index (χ3n) is 4.48. The lowest BCUT2D eigenvalue weighted by Crippen LogP contribution is -2.39. The maximum absolute atomic E-state index is 13.1. The van der Waals surface area contributed by atoms with E-state index >= 15 is 0 Å². The minimum Gasteiger partial charge on any atom is -0.539 e. The van der Waals surface area contributed by atoms with E-state index in [0.29, 0.717) is 21.6 Å². The van der Waals surface area contributed by atoms with Gasteiger partial charge in [-0.15, -0.1) is 11.3 Å². The lowest BCUT2D eigenvalue weighted by molar-refractivity contribution is -0.672. The number of benzene rings is 1. The zero-order valence-electron chi connectivity index (χ0n) is 14.9. The summed E-state index contributed by atoms with van der Waals surface area (Å²) in [7, 11) is 0. The molecule has 0 radical (unpaired) electrons. The van der Waals surface area contributed by atoms with Gasteiger partial charge in [0.05, 0.1) is 11.0 Å². The van der Waals surface area contributed by atoms with Gasteiger partial charge in [-0.1, -0.05) is 17.7 Å². The topological polar surface area (TPSA) is 109 Å². The number of fused-ring (bicyclic) bond motifs is 1. The molecule has 3 aromatic heterocycles. The zero-order chi connectivity index (χ0) is 19.3. The highest BCUT2D eigenvalue weighted by Gasteiger charge is 2.32. The molecule has 0 aliphatic heterocycles. The van der Waals surface area contributed by atoms with Gasteiger partial charge in [0.25, 0.3) is 5.78 Å². The lowest BCUT2D eigenvalue weighted by atomic mass is 10.1. The van der Waals surface area contributed by atoms with Crippen LogP contribution in [0.1, 0.15) is 32.2 Å². The Balaban J connectivity index is 1.87. The van der Waals surface area contributed by atoms with Gasteiger partial charge >= 0.3 is 5.69 Å². The van der Waals surface area contributed by atoms with Crippen molar-refractivity contribution in [3.8, 4) is 11.6 Å². The van der Waals surface area contributed by atoms with Crippen molar-refractivity contribution < 1.29 is 19.1 Å². The highest BCUT2D eigenvalue weighted by atomic mass is 32.1. The Labute approximate surface area is 158 Å². The van der Waals surface area contributed by atoms with Crippen molar-refractivity contribution in [2.75, 3.05) is 5.73 Å². The number of nitrogens with two attached hydrogens (primary N) is 1. The standard InChI is InChI=1S/C19H16N4O3S/c1-9-4-6-12(7-5-9)23-15(19(25)26-22-23)16(24)17-14(20)13-8-10(2)11(3)21-18(13)27-17/h4-8H,1-3H3,(H2-,20,22,24,25). The number of hydrogen-bond acceptors (Lipinski definition) is 7. The maximum atomic E-state index is 13.1. The normalized spacial score (nSPS) is 11.2. The van der Waals surface area contributed by atoms with Gasteiger partial charge in [-0.05, 0) is 37.1 Å². The summed E-state index contributed by atoms with van der Waals surface area (Å²) in [6.45, 7) is 5.77. The Morgan fingerprint density at radius 3 is 2.63 bits per heavy atom. The molecule has 0 atom stereocenters. The number of carbonyl (C=O) groups is 1. The van der Waals surface area contributed by atoms with Crippen LogP contribution in [0, 0.1) is 20.8 Å². The third-order valence-corrected chi connectivity index (χ3v) is 5.59. The molecule has 136 valence electrons. The van der Waals surface area contributed by atoms with Crippen molar-refractivity contribution in [1.82, 2.24) is 10.3 Å². The fourth-order valence-corrected chi connectivity index (χ4v) is 3.87. The summed E-state index contributed by atoms with van der Waals surface area (Å²) in [6, 6.07) is 9.14. The van der Waals surface area contributed by atoms with Crippen LogP contribution < -0.4 is 15.5 Å². The molecule has 7 nitrogen and oxygen atoms in total. The molecule has 1 aromatic carbocycles. The molecule has 0 saturated carbocycles. The zero-order valence-corrected chi connectivity index (χ0v) is 15.8. The first-order chi connectivity index (χ1) is 12.9. The van der Waals surface area contributed by atoms with E-state index in [2.05, 4.69) is 10.3 Å². The highest BCUT2D eigenvalue weighted by Crippen LogP contribution is 2.35. The van der Waals surface area contributed by atoms with Crippen molar-refractivity contribution in [2.24, 2.45) is 0 Å². The number of ketones is 1. The largest absolute Gasteiger partial charge is 0.539 e. The number of nitrogen functional groups attached to an aromatic ring is 1. The molecule has 0 saturated heterocycles. The van der Waals surface area contributed by atoms with Gasteiger partial charge in [0.2, 0.25) is 5.69 Å². The van der Waals surface area contributed by atoms with Crippen LogP contribution in [0.3, 0.4) is 0 Å². The number of rotatable bonds is 3. The number of nitrogens with zero attached hydrogens (tertiary/aromatic N) is 3. The van der Waals surface area contributed by atoms with Crippen LogP contribution in [-0.4, -0.2) is 16.0 Å². The summed E-state index contributed by atoms with van der Waals surface area (Å²) in [6.07, 6.45) is 0. The van der Waals surface area contributed by atoms with E-state index in [1.165, 1.54) is 4.68 Å². The smallest absolute Gasteiger partial charge is 0.312 e. The number of carbonyl (C=O) groups excluding carboxylic acids is 1. The molecule has 0 unspecified atom stereocenters. The molecule has 3 heterocycles. The van der Waals surface area contributed by atoms with Crippen LogP contribution in [-0.2, 0) is 0 Å². The van der Waals surface area contributed by atoms with E-state index in [1.54, 1.807) is 12.1 Å². The second-order valence-corrected chi connectivity index (χ2v) is 7.37. The Hall–Kier alpha value is -3.26. The second kappa shape index (κ2) is 6.17. The van der Waals surface area contributed by atoms with Crippen LogP contribution in [0.4, 0.5) is 5.69 Å². The molecule has 0 amide bonds. The fourth-order valence-electron chi connectivity index (χ4n) is 2.80. The average Bonchev–Trinajstić information content (AvgIpc) is 3.17. The molecule has 4 aromatic rings. The van der Waals surface area contributed by atoms with Gasteiger partial charge < -0.3 is 15.4 Å². The van der Waals surface area contributed by atoms with Gasteiger partial charge in [-0.25, -0.2) is 4.98 Å². The third kappa shape index (κ3) is 2.74. The van der Waals surface area contributed by atoms with Crippen LogP contribution in [0.5, 0.6) is 5.95 Å². The monoisotopic (exact) mass is 380 g/mol. The maximum Gasteiger partial charge on any atom is 0.312 e. The Morgan fingerprint density at radius 2 is 1.93 bits per heavy atom. The second-order valence-electron chi connectivity index (χ2n) is 6.37. The molecule has 0 fully saturated rings. The van der Waals surface area contributed by atoms with E-state index < -0.39 is 11.7 Å². The molecule has 0 aliphatic carbocycles. The van der Waals surface area contributed by atoms with Crippen LogP contribution in [0.2, 0.25) is 0 Å². The average molecular weight is 380 g/mol. The minimum absolute atomic E-state index is 0.189. The molecule has 0 spiro atoms. The number of thiophene rings is 1. The molecular formula is C19H16N4O3S. The molecule has 27 heavy (non-hydrogen) atoms. The predicted molar refractivity (Wildman–Crippen MR) is 99.2 cm³/mol.